The number of hydrogen-bond donors (Lipinski definition) is 0. The van der Waals surface area contributed by atoms with Crippen LogP contribution >= 0.6 is 0 Å². The first kappa shape index (κ1) is 11.4. The molecule has 0 heterocycles. The highest BCUT2D eigenvalue weighted by Gasteiger charge is 1.95. The smallest absolute Gasteiger partial charge is 0.125 e. The van der Waals surface area contributed by atoms with Gasteiger partial charge in [-0.05, 0) is 29.5 Å². The lowest BCUT2D eigenvalue weighted by atomic mass is 10.0. The number of benzene rings is 2. The van der Waals surface area contributed by atoms with Crippen molar-refractivity contribution < 1.29 is 4.79 Å². The first-order chi connectivity index (χ1) is 8.38. The van der Waals surface area contributed by atoms with E-state index in [1.165, 1.54) is 17.2 Å². The summed E-state index contributed by atoms with van der Waals surface area (Å²) >= 11 is 0. The summed E-state index contributed by atoms with van der Waals surface area (Å²) in [5.41, 5.74) is 3.55. The van der Waals surface area contributed by atoms with Crippen LogP contribution in [0.15, 0.2) is 54.6 Å². The van der Waals surface area contributed by atoms with Crippen LogP contribution in [0, 0.1) is 0 Å². The molecule has 0 saturated carbocycles. The van der Waals surface area contributed by atoms with Crippen LogP contribution in [-0.4, -0.2) is 5.94 Å². The fraction of sp³-hybridized carbons (Fsp3) is 0.125. The molecule has 0 saturated heterocycles. The average molecular weight is 222 g/mol. The second kappa shape index (κ2) is 5.83. The largest absolute Gasteiger partial charge is 0.233 e. The maximum Gasteiger partial charge on any atom is 0.125 e. The standard InChI is InChI=1S/C16H14O/c17-13-12-16-10-8-15(9-11-16)7-6-14-4-2-1-3-5-14/h1-5,8-12H,6-7H2. The lowest BCUT2D eigenvalue weighted by Gasteiger charge is -2.02. The molecule has 0 unspecified atom stereocenters. The van der Waals surface area contributed by atoms with Gasteiger partial charge in [-0.25, -0.2) is 4.79 Å². The fourth-order valence-electron chi connectivity index (χ4n) is 1.78. The van der Waals surface area contributed by atoms with Crippen molar-refractivity contribution in [1.82, 2.24) is 0 Å². The zero-order valence-corrected chi connectivity index (χ0v) is 9.60. The Morgan fingerprint density at radius 3 is 2.00 bits per heavy atom. The van der Waals surface area contributed by atoms with E-state index in [0.717, 1.165) is 18.4 Å². The Bertz CT molecular complexity index is 505. The van der Waals surface area contributed by atoms with Gasteiger partial charge in [-0.2, -0.15) is 0 Å². The van der Waals surface area contributed by atoms with Gasteiger partial charge in [0, 0.05) is 6.08 Å². The number of rotatable bonds is 4. The van der Waals surface area contributed by atoms with Gasteiger partial charge in [0.1, 0.15) is 5.94 Å². The van der Waals surface area contributed by atoms with Crippen LogP contribution < -0.4 is 0 Å². The molecule has 0 radical (unpaired) electrons. The molecule has 1 heteroatoms. The lowest BCUT2D eigenvalue weighted by molar-refractivity contribution is 0.570. The Morgan fingerprint density at radius 1 is 0.824 bits per heavy atom. The summed E-state index contributed by atoms with van der Waals surface area (Å²) < 4.78 is 0. The van der Waals surface area contributed by atoms with E-state index in [1.54, 1.807) is 5.94 Å². The van der Waals surface area contributed by atoms with E-state index >= 15 is 0 Å². The van der Waals surface area contributed by atoms with Crippen molar-refractivity contribution >= 4 is 12.0 Å². The highest BCUT2D eigenvalue weighted by atomic mass is 16.1. The molecule has 17 heavy (non-hydrogen) atoms. The molecule has 0 aromatic heterocycles. The third kappa shape index (κ3) is 3.44. The van der Waals surface area contributed by atoms with Gasteiger partial charge in [0.15, 0.2) is 0 Å². The molecule has 2 aromatic rings. The Kier molecular flexibility index (Phi) is 3.90. The maximum atomic E-state index is 10.2. The summed E-state index contributed by atoms with van der Waals surface area (Å²) in [5, 5.41) is 0. The van der Waals surface area contributed by atoms with Gasteiger partial charge in [0.25, 0.3) is 0 Å². The molecule has 0 spiro atoms. The molecule has 0 N–H and O–H groups in total. The minimum Gasteiger partial charge on any atom is -0.233 e. The van der Waals surface area contributed by atoms with E-state index < -0.39 is 0 Å². The Labute approximate surface area is 101 Å². The van der Waals surface area contributed by atoms with Gasteiger partial charge in [-0.1, -0.05) is 54.6 Å². The van der Waals surface area contributed by atoms with Gasteiger partial charge in [0.05, 0.1) is 0 Å². The summed E-state index contributed by atoms with van der Waals surface area (Å²) in [6.45, 7) is 0. The quantitative estimate of drug-likeness (QED) is 0.725. The van der Waals surface area contributed by atoms with Crippen LogP contribution in [0.1, 0.15) is 16.7 Å². The molecule has 0 atom stereocenters. The second-order valence-electron chi connectivity index (χ2n) is 3.99. The molecular weight excluding hydrogens is 208 g/mol. The normalized spacial score (nSPS) is 9.65. The topological polar surface area (TPSA) is 17.1 Å². The van der Waals surface area contributed by atoms with Gasteiger partial charge >= 0.3 is 0 Å². The van der Waals surface area contributed by atoms with E-state index in [2.05, 4.69) is 36.4 Å². The molecule has 0 aliphatic heterocycles. The predicted octanol–water partition coefficient (Wildman–Crippen LogP) is 3.32. The third-order valence-electron chi connectivity index (χ3n) is 2.75. The van der Waals surface area contributed by atoms with Crippen LogP contribution in [0.3, 0.4) is 0 Å². The van der Waals surface area contributed by atoms with E-state index in [4.69, 9.17) is 0 Å². The zero-order valence-electron chi connectivity index (χ0n) is 9.60. The first-order valence-corrected chi connectivity index (χ1v) is 5.72. The molecule has 2 aromatic carbocycles. The van der Waals surface area contributed by atoms with E-state index in [9.17, 15) is 4.79 Å². The molecular formula is C16H14O. The molecule has 1 nitrogen and oxygen atoms in total. The molecule has 84 valence electrons. The van der Waals surface area contributed by atoms with Gasteiger partial charge in [-0.15, -0.1) is 0 Å². The first-order valence-electron chi connectivity index (χ1n) is 5.72. The molecule has 0 amide bonds. The minimum absolute atomic E-state index is 0.906. The zero-order chi connectivity index (χ0) is 11.9. The Balaban J connectivity index is 1.98. The van der Waals surface area contributed by atoms with E-state index in [0.29, 0.717) is 0 Å². The van der Waals surface area contributed by atoms with Crippen molar-refractivity contribution in [1.29, 1.82) is 0 Å². The third-order valence-corrected chi connectivity index (χ3v) is 2.75. The van der Waals surface area contributed by atoms with Crippen LogP contribution in [0.5, 0.6) is 0 Å². The average Bonchev–Trinajstić information content (AvgIpc) is 2.40. The van der Waals surface area contributed by atoms with Crippen molar-refractivity contribution in [2.24, 2.45) is 0 Å². The van der Waals surface area contributed by atoms with Crippen LogP contribution in [0.2, 0.25) is 0 Å². The number of carbonyl (C=O) groups excluding carboxylic acids is 1. The summed E-state index contributed by atoms with van der Waals surface area (Å²) in [4.78, 5) is 10.2. The molecule has 0 aliphatic rings. The van der Waals surface area contributed by atoms with Gasteiger partial charge < -0.3 is 0 Å². The summed E-state index contributed by atoms with van der Waals surface area (Å²) in [6, 6.07) is 18.5. The summed E-state index contributed by atoms with van der Waals surface area (Å²) in [7, 11) is 0. The second-order valence-corrected chi connectivity index (χ2v) is 3.99. The highest BCUT2D eigenvalue weighted by Crippen LogP contribution is 2.09. The lowest BCUT2D eigenvalue weighted by Crippen LogP contribution is -1.90. The van der Waals surface area contributed by atoms with Crippen LogP contribution in [-0.2, 0) is 17.6 Å². The van der Waals surface area contributed by atoms with Crippen molar-refractivity contribution in [3.8, 4) is 0 Å². The molecule has 2 rings (SSSR count). The SMILES string of the molecule is O=C=Cc1ccc(CCc2ccccc2)cc1. The summed E-state index contributed by atoms with van der Waals surface area (Å²) in [6.07, 6.45) is 3.51. The number of aryl methyl sites for hydroxylation is 2. The fourth-order valence-corrected chi connectivity index (χ4v) is 1.78. The summed E-state index contributed by atoms with van der Waals surface area (Å²) in [5.74, 6) is 1.79. The van der Waals surface area contributed by atoms with Gasteiger partial charge in [-0.3, -0.25) is 0 Å². The number of hydrogen-bond acceptors (Lipinski definition) is 1. The van der Waals surface area contributed by atoms with E-state index in [1.807, 2.05) is 18.2 Å². The van der Waals surface area contributed by atoms with Crippen LogP contribution in [0.4, 0.5) is 0 Å². The highest BCUT2D eigenvalue weighted by molar-refractivity contribution is 5.74. The van der Waals surface area contributed by atoms with E-state index in [-0.39, 0.29) is 0 Å². The Morgan fingerprint density at radius 2 is 1.41 bits per heavy atom. The minimum atomic E-state index is 0.906. The van der Waals surface area contributed by atoms with Crippen molar-refractivity contribution in [2.75, 3.05) is 0 Å². The van der Waals surface area contributed by atoms with Crippen LogP contribution in [0.25, 0.3) is 6.08 Å². The molecule has 0 bridgehead atoms. The van der Waals surface area contributed by atoms with Crippen molar-refractivity contribution in [3.63, 3.8) is 0 Å². The van der Waals surface area contributed by atoms with Gasteiger partial charge in [0.2, 0.25) is 0 Å². The van der Waals surface area contributed by atoms with Crippen molar-refractivity contribution in [2.45, 2.75) is 12.8 Å². The Hall–Kier alpha value is -2.11. The molecule has 0 aliphatic carbocycles. The molecule has 0 fully saturated rings. The maximum absolute atomic E-state index is 10.2. The monoisotopic (exact) mass is 222 g/mol. The predicted molar refractivity (Wildman–Crippen MR) is 70.4 cm³/mol. The van der Waals surface area contributed by atoms with Crippen molar-refractivity contribution in [3.05, 3.63) is 71.3 Å².